The molecule has 1 N–H and O–H groups in total. The summed E-state index contributed by atoms with van der Waals surface area (Å²) in [6.45, 7) is 7.83. The summed E-state index contributed by atoms with van der Waals surface area (Å²) in [4.78, 5) is 4.73. The van der Waals surface area contributed by atoms with E-state index in [-0.39, 0.29) is 0 Å². The lowest BCUT2D eigenvalue weighted by molar-refractivity contribution is 0.0445. The maximum atomic E-state index is 10.3. The third-order valence-corrected chi connectivity index (χ3v) is 4.99. The lowest BCUT2D eigenvalue weighted by Crippen LogP contribution is -2.48. The molecule has 0 spiro atoms. The average molecular weight is 375 g/mol. The molecular weight excluding hydrogens is 348 g/mol. The molecule has 140 valence electrons. The van der Waals surface area contributed by atoms with Crippen LogP contribution in [0.15, 0.2) is 48.5 Å². The molecule has 1 saturated heterocycles. The fraction of sp³-hybridized carbons (Fsp3) is 0.429. The summed E-state index contributed by atoms with van der Waals surface area (Å²) >= 11 is 6.06. The summed E-state index contributed by atoms with van der Waals surface area (Å²) in [6, 6.07) is 15.9. The highest BCUT2D eigenvalue weighted by molar-refractivity contribution is 6.30. The van der Waals surface area contributed by atoms with Crippen LogP contribution >= 0.6 is 11.6 Å². The van der Waals surface area contributed by atoms with Crippen molar-refractivity contribution in [2.75, 3.05) is 39.3 Å². The van der Waals surface area contributed by atoms with Crippen molar-refractivity contribution in [2.24, 2.45) is 0 Å². The van der Waals surface area contributed by atoms with E-state index in [4.69, 9.17) is 16.3 Å². The second-order valence-corrected chi connectivity index (χ2v) is 7.37. The van der Waals surface area contributed by atoms with Crippen LogP contribution in [0.25, 0.3) is 0 Å². The maximum absolute atomic E-state index is 10.3. The summed E-state index contributed by atoms with van der Waals surface area (Å²) in [7, 11) is 0. The molecule has 0 amide bonds. The van der Waals surface area contributed by atoms with Crippen LogP contribution in [-0.4, -0.2) is 60.3 Å². The Kier molecular flexibility index (Phi) is 6.92. The molecule has 1 atom stereocenters. The Bertz CT molecular complexity index is 702. The van der Waals surface area contributed by atoms with Gasteiger partial charge in [0.25, 0.3) is 0 Å². The number of nitrogens with zero attached hydrogens (tertiary/aromatic N) is 2. The second kappa shape index (κ2) is 9.38. The largest absolute Gasteiger partial charge is 0.491 e. The number of benzene rings is 2. The third kappa shape index (κ3) is 5.71. The molecule has 1 heterocycles. The Morgan fingerprint density at radius 1 is 1.04 bits per heavy atom. The van der Waals surface area contributed by atoms with E-state index in [2.05, 4.69) is 15.9 Å². The number of para-hydroxylation sites is 1. The first kappa shape index (κ1) is 19.2. The summed E-state index contributed by atoms with van der Waals surface area (Å²) in [5.41, 5.74) is 2.34. The van der Waals surface area contributed by atoms with Crippen LogP contribution in [0.2, 0.25) is 5.02 Å². The van der Waals surface area contributed by atoms with Gasteiger partial charge in [-0.2, -0.15) is 0 Å². The van der Waals surface area contributed by atoms with Crippen molar-refractivity contribution in [1.29, 1.82) is 0 Å². The predicted molar refractivity (Wildman–Crippen MR) is 106 cm³/mol. The van der Waals surface area contributed by atoms with Crippen molar-refractivity contribution >= 4 is 11.6 Å². The number of ether oxygens (including phenoxy) is 1. The van der Waals surface area contributed by atoms with Crippen LogP contribution in [0, 0.1) is 6.92 Å². The van der Waals surface area contributed by atoms with Crippen LogP contribution in [-0.2, 0) is 6.54 Å². The molecule has 1 aliphatic rings. The van der Waals surface area contributed by atoms with Gasteiger partial charge in [-0.15, -0.1) is 0 Å². The van der Waals surface area contributed by atoms with Gasteiger partial charge >= 0.3 is 0 Å². The van der Waals surface area contributed by atoms with Gasteiger partial charge in [0.1, 0.15) is 18.5 Å². The van der Waals surface area contributed by atoms with E-state index in [0.717, 1.165) is 49.1 Å². The van der Waals surface area contributed by atoms with Gasteiger partial charge in [0.05, 0.1) is 0 Å². The van der Waals surface area contributed by atoms with Crippen molar-refractivity contribution in [2.45, 2.75) is 19.6 Å². The summed E-state index contributed by atoms with van der Waals surface area (Å²) in [5, 5.41) is 11.1. The molecule has 1 unspecified atom stereocenters. The molecule has 26 heavy (non-hydrogen) atoms. The van der Waals surface area contributed by atoms with Crippen molar-refractivity contribution < 1.29 is 9.84 Å². The summed E-state index contributed by atoms with van der Waals surface area (Å²) in [6.07, 6.45) is -0.478. The van der Waals surface area contributed by atoms with Crippen molar-refractivity contribution in [1.82, 2.24) is 9.80 Å². The average Bonchev–Trinajstić information content (AvgIpc) is 2.63. The minimum absolute atomic E-state index is 0.327. The first-order valence-electron chi connectivity index (χ1n) is 9.16. The number of rotatable bonds is 7. The smallest absolute Gasteiger partial charge is 0.122 e. The normalized spacial score (nSPS) is 17.2. The quantitative estimate of drug-likeness (QED) is 0.807. The first-order chi connectivity index (χ1) is 12.6. The van der Waals surface area contributed by atoms with Crippen molar-refractivity contribution in [3.05, 3.63) is 64.7 Å². The van der Waals surface area contributed by atoms with E-state index < -0.39 is 6.10 Å². The number of piperazine rings is 1. The number of halogens is 1. The predicted octanol–water partition coefficient (Wildman–Crippen LogP) is 3.21. The van der Waals surface area contributed by atoms with Crippen LogP contribution in [0.4, 0.5) is 0 Å². The molecular formula is C21H27ClN2O2. The molecule has 3 rings (SSSR count). The molecule has 0 radical (unpaired) electrons. The van der Waals surface area contributed by atoms with Gasteiger partial charge in [0.15, 0.2) is 0 Å². The van der Waals surface area contributed by atoms with Gasteiger partial charge < -0.3 is 9.84 Å². The maximum Gasteiger partial charge on any atom is 0.122 e. The summed E-state index contributed by atoms with van der Waals surface area (Å²) in [5.74, 6) is 0.845. The number of β-amino-alcohol motifs (C(OH)–C–C–N with tert-alkyl or cyclic N) is 1. The molecule has 4 nitrogen and oxygen atoms in total. The van der Waals surface area contributed by atoms with Crippen LogP contribution in [0.5, 0.6) is 5.75 Å². The van der Waals surface area contributed by atoms with Gasteiger partial charge in [-0.25, -0.2) is 0 Å². The van der Waals surface area contributed by atoms with Gasteiger partial charge in [-0.05, 0) is 36.2 Å². The number of hydrogen-bond acceptors (Lipinski definition) is 4. The van der Waals surface area contributed by atoms with Crippen LogP contribution in [0.3, 0.4) is 0 Å². The Morgan fingerprint density at radius 3 is 2.50 bits per heavy atom. The molecule has 0 aromatic heterocycles. The highest BCUT2D eigenvalue weighted by Crippen LogP contribution is 2.17. The van der Waals surface area contributed by atoms with Gasteiger partial charge in [0, 0.05) is 44.3 Å². The van der Waals surface area contributed by atoms with E-state index in [0.29, 0.717) is 13.2 Å². The zero-order valence-electron chi connectivity index (χ0n) is 15.3. The zero-order chi connectivity index (χ0) is 18.4. The Balaban J connectivity index is 1.38. The lowest BCUT2D eigenvalue weighted by atomic mass is 10.2. The monoisotopic (exact) mass is 374 g/mol. The van der Waals surface area contributed by atoms with Gasteiger partial charge in [-0.1, -0.05) is 41.9 Å². The molecule has 5 heteroatoms. The number of hydrogen-bond donors (Lipinski definition) is 1. The molecule has 2 aromatic carbocycles. The number of aliphatic hydroxyl groups is 1. The Labute approximate surface area is 160 Å². The molecule has 0 bridgehead atoms. The fourth-order valence-corrected chi connectivity index (χ4v) is 3.49. The standard InChI is InChI=1S/C21H27ClN2O2/c1-17-5-2-3-8-21(17)26-16-20(25)15-24-11-9-23(10-12-24)14-18-6-4-7-19(22)13-18/h2-8,13,20,25H,9-12,14-16H2,1H3. The molecule has 2 aromatic rings. The SMILES string of the molecule is Cc1ccccc1OCC(O)CN1CCN(Cc2cccc(Cl)c2)CC1. The van der Waals surface area contributed by atoms with Gasteiger partial charge in [0.2, 0.25) is 0 Å². The minimum Gasteiger partial charge on any atom is -0.491 e. The number of aliphatic hydroxyl groups excluding tert-OH is 1. The topological polar surface area (TPSA) is 35.9 Å². The lowest BCUT2D eigenvalue weighted by Gasteiger charge is -2.35. The molecule has 1 fully saturated rings. The van der Waals surface area contributed by atoms with E-state index in [1.54, 1.807) is 0 Å². The molecule has 0 aliphatic carbocycles. The highest BCUT2D eigenvalue weighted by atomic mass is 35.5. The second-order valence-electron chi connectivity index (χ2n) is 6.94. The van der Waals surface area contributed by atoms with Crippen LogP contribution in [0.1, 0.15) is 11.1 Å². The summed E-state index contributed by atoms with van der Waals surface area (Å²) < 4.78 is 5.75. The molecule has 1 aliphatic heterocycles. The van der Waals surface area contributed by atoms with E-state index in [1.165, 1.54) is 5.56 Å². The van der Waals surface area contributed by atoms with E-state index in [1.807, 2.05) is 49.4 Å². The van der Waals surface area contributed by atoms with Crippen LogP contribution < -0.4 is 4.74 Å². The first-order valence-corrected chi connectivity index (χ1v) is 9.53. The number of aryl methyl sites for hydroxylation is 1. The Hall–Kier alpha value is -1.59. The third-order valence-electron chi connectivity index (χ3n) is 4.75. The van der Waals surface area contributed by atoms with Gasteiger partial charge in [-0.3, -0.25) is 9.80 Å². The highest BCUT2D eigenvalue weighted by Gasteiger charge is 2.19. The van der Waals surface area contributed by atoms with Crippen molar-refractivity contribution in [3.8, 4) is 5.75 Å². The minimum atomic E-state index is -0.478. The van der Waals surface area contributed by atoms with Crippen molar-refractivity contribution in [3.63, 3.8) is 0 Å². The fourth-order valence-electron chi connectivity index (χ4n) is 3.28. The zero-order valence-corrected chi connectivity index (χ0v) is 16.0. The van der Waals surface area contributed by atoms with E-state index >= 15 is 0 Å². The van der Waals surface area contributed by atoms with E-state index in [9.17, 15) is 5.11 Å². The Morgan fingerprint density at radius 2 is 1.77 bits per heavy atom. The molecule has 0 saturated carbocycles.